The summed E-state index contributed by atoms with van der Waals surface area (Å²) in [6.45, 7) is 0.187. The molecule has 8 nitrogen and oxygen atoms in total. The lowest BCUT2D eigenvalue weighted by molar-refractivity contribution is -0.386. The molecular formula is C16H23N3O5S. The lowest BCUT2D eigenvalue weighted by Gasteiger charge is -2.22. The zero-order valence-corrected chi connectivity index (χ0v) is 15.0. The van der Waals surface area contributed by atoms with Gasteiger partial charge in [0.05, 0.1) is 4.92 Å². The number of nitrogens with one attached hydrogen (secondary N) is 2. The maximum atomic E-state index is 12.0. The Bertz CT molecular complexity index is 742. The van der Waals surface area contributed by atoms with Gasteiger partial charge >= 0.3 is 5.69 Å². The molecule has 25 heavy (non-hydrogen) atoms. The van der Waals surface area contributed by atoms with Crippen LogP contribution in [0.1, 0.15) is 38.5 Å². The number of nitro groups is 1. The predicted octanol–water partition coefficient (Wildman–Crippen LogP) is 2.25. The number of nitro benzene ring substituents is 1. The minimum absolute atomic E-state index is 0.0957. The second-order valence-corrected chi connectivity index (χ2v) is 8.24. The van der Waals surface area contributed by atoms with E-state index in [2.05, 4.69) is 10.6 Å². The van der Waals surface area contributed by atoms with Crippen molar-refractivity contribution in [2.24, 2.45) is 0 Å². The Morgan fingerprint density at radius 1 is 1.28 bits per heavy atom. The molecule has 9 heteroatoms. The molecule has 0 atom stereocenters. The minimum Gasteiger partial charge on any atom is -0.379 e. The molecule has 0 saturated heterocycles. The molecule has 0 radical (unpaired) electrons. The van der Waals surface area contributed by atoms with Gasteiger partial charge in [0.1, 0.15) is 10.6 Å². The molecule has 1 amide bonds. The Labute approximate surface area is 147 Å². The van der Waals surface area contributed by atoms with Gasteiger partial charge in [-0.05, 0) is 25.0 Å². The van der Waals surface area contributed by atoms with Crippen molar-refractivity contribution in [3.05, 3.63) is 28.3 Å². The van der Waals surface area contributed by atoms with Crippen molar-refractivity contribution in [1.29, 1.82) is 0 Å². The third-order valence-corrected chi connectivity index (χ3v) is 5.35. The van der Waals surface area contributed by atoms with Crippen molar-refractivity contribution in [2.75, 3.05) is 18.1 Å². The van der Waals surface area contributed by atoms with Gasteiger partial charge in [0.25, 0.3) is 0 Å². The third kappa shape index (κ3) is 5.42. The Morgan fingerprint density at radius 2 is 1.96 bits per heavy atom. The molecule has 1 saturated carbocycles. The van der Waals surface area contributed by atoms with Gasteiger partial charge in [-0.15, -0.1) is 0 Å². The molecule has 0 aliphatic heterocycles. The molecule has 0 heterocycles. The van der Waals surface area contributed by atoms with Gasteiger partial charge in [-0.1, -0.05) is 25.3 Å². The summed E-state index contributed by atoms with van der Waals surface area (Å²) in [7, 11) is -3.72. The summed E-state index contributed by atoms with van der Waals surface area (Å²) in [5, 5.41) is 17.0. The van der Waals surface area contributed by atoms with Crippen LogP contribution in [0.25, 0.3) is 0 Å². The Balaban J connectivity index is 1.98. The van der Waals surface area contributed by atoms with Crippen molar-refractivity contribution in [1.82, 2.24) is 5.32 Å². The van der Waals surface area contributed by atoms with E-state index in [0.717, 1.165) is 31.9 Å². The van der Waals surface area contributed by atoms with E-state index < -0.39 is 20.4 Å². The van der Waals surface area contributed by atoms with Crippen LogP contribution in [0.2, 0.25) is 0 Å². The molecule has 0 aromatic heterocycles. The van der Waals surface area contributed by atoms with E-state index in [1.165, 1.54) is 24.6 Å². The van der Waals surface area contributed by atoms with E-state index in [1.54, 1.807) is 0 Å². The summed E-state index contributed by atoms with van der Waals surface area (Å²) in [6.07, 6.45) is 6.51. The molecule has 0 bridgehead atoms. The summed E-state index contributed by atoms with van der Waals surface area (Å²) in [5.41, 5.74) is -0.393. The summed E-state index contributed by atoms with van der Waals surface area (Å²) >= 11 is 0. The van der Waals surface area contributed by atoms with E-state index in [1.807, 2.05) is 0 Å². The van der Waals surface area contributed by atoms with Crippen LogP contribution >= 0.6 is 0 Å². The first-order valence-corrected chi connectivity index (χ1v) is 10.2. The van der Waals surface area contributed by atoms with Crippen molar-refractivity contribution in [3.63, 3.8) is 0 Å². The van der Waals surface area contributed by atoms with Gasteiger partial charge in [0.15, 0.2) is 9.84 Å². The van der Waals surface area contributed by atoms with Crippen molar-refractivity contribution < 1.29 is 18.1 Å². The number of carbonyl (C=O) groups excluding carboxylic acids is 1. The number of rotatable bonds is 7. The molecule has 2 rings (SSSR count). The summed E-state index contributed by atoms with van der Waals surface area (Å²) in [4.78, 5) is 22.2. The summed E-state index contributed by atoms with van der Waals surface area (Å²) < 4.78 is 23.4. The Morgan fingerprint density at radius 3 is 2.56 bits per heavy atom. The SMILES string of the molecule is CS(=O)(=O)c1cccc(NCCC(=O)NC2CCCCC2)c1[N+](=O)[O-]. The summed E-state index contributed by atoms with van der Waals surface area (Å²) in [5.74, 6) is -0.110. The van der Waals surface area contributed by atoms with Gasteiger partial charge < -0.3 is 10.6 Å². The van der Waals surface area contributed by atoms with E-state index in [9.17, 15) is 23.3 Å². The quantitative estimate of drug-likeness (QED) is 0.562. The largest absolute Gasteiger partial charge is 0.379 e. The van der Waals surface area contributed by atoms with E-state index in [0.29, 0.717) is 0 Å². The monoisotopic (exact) mass is 369 g/mol. The second-order valence-electron chi connectivity index (χ2n) is 6.26. The fraction of sp³-hybridized carbons (Fsp3) is 0.562. The number of amides is 1. The number of carbonyl (C=O) groups is 1. The van der Waals surface area contributed by atoms with E-state index >= 15 is 0 Å². The topological polar surface area (TPSA) is 118 Å². The van der Waals surface area contributed by atoms with Crippen LogP contribution in [0.15, 0.2) is 23.1 Å². The van der Waals surface area contributed by atoms with Crippen LogP contribution in [0.5, 0.6) is 0 Å². The number of sulfone groups is 1. The highest BCUT2D eigenvalue weighted by molar-refractivity contribution is 7.90. The van der Waals surface area contributed by atoms with Crippen molar-refractivity contribution >= 4 is 27.1 Å². The van der Waals surface area contributed by atoms with Crippen LogP contribution < -0.4 is 10.6 Å². The normalized spacial score (nSPS) is 15.6. The zero-order chi connectivity index (χ0) is 18.4. The fourth-order valence-corrected chi connectivity index (χ4v) is 3.87. The highest BCUT2D eigenvalue weighted by atomic mass is 32.2. The first-order valence-electron chi connectivity index (χ1n) is 8.29. The molecule has 1 aromatic carbocycles. The van der Waals surface area contributed by atoms with Crippen molar-refractivity contribution in [3.8, 4) is 0 Å². The van der Waals surface area contributed by atoms with Gasteiger partial charge in [0.2, 0.25) is 5.91 Å². The maximum absolute atomic E-state index is 12.0. The van der Waals surface area contributed by atoms with Crippen LogP contribution in [-0.2, 0) is 14.6 Å². The first kappa shape index (κ1) is 19.2. The number of anilines is 1. The fourth-order valence-electron chi connectivity index (χ4n) is 3.01. The second kappa shape index (κ2) is 8.28. The van der Waals surface area contributed by atoms with E-state index in [4.69, 9.17) is 0 Å². The van der Waals surface area contributed by atoms with Gasteiger partial charge in [-0.25, -0.2) is 8.42 Å². The number of hydrogen-bond acceptors (Lipinski definition) is 6. The van der Waals surface area contributed by atoms with E-state index in [-0.39, 0.29) is 35.5 Å². The standard InChI is InChI=1S/C16H23N3O5S/c1-25(23,24)14-9-5-8-13(16(14)19(21)22)17-11-10-15(20)18-12-6-3-2-4-7-12/h5,8-9,12,17H,2-4,6-7,10-11H2,1H3,(H,18,20). The molecular weight excluding hydrogens is 346 g/mol. The van der Waals surface area contributed by atoms with Crippen LogP contribution in [-0.4, -0.2) is 38.1 Å². The molecule has 0 unspecified atom stereocenters. The summed E-state index contributed by atoms with van der Waals surface area (Å²) in [6, 6.07) is 4.29. The van der Waals surface area contributed by atoms with Crippen molar-refractivity contribution in [2.45, 2.75) is 49.5 Å². The number of benzene rings is 1. The van der Waals surface area contributed by atoms with Crippen LogP contribution in [0.3, 0.4) is 0 Å². The Hall–Kier alpha value is -2.16. The van der Waals surface area contributed by atoms with Gasteiger partial charge in [-0.2, -0.15) is 0 Å². The lowest BCUT2D eigenvalue weighted by Crippen LogP contribution is -2.36. The highest BCUT2D eigenvalue weighted by Gasteiger charge is 2.26. The van der Waals surface area contributed by atoms with Crippen LogP contribution in [0, 0.1) is 10.1 Å². The average Bonchev–Trinajstić information content (AvgIpc) is 2.54. The minimum atomic E-state index is -3.72. The predicted molar refractivity (Wildman–Crippen MR) is 94.3 cm³/mol. The maximum Gasteiger partial charge on any atom is 0.310 e. The van der Waals surface area contributed by atoms with Gasteiger partial charge in [-0.3, -0.25) is 14.9 Å². The molecule has 138 valence electrons. The number of hydrogen-bond donors (Lipinski definition) is 2. The molecule has 2 N–H and O–H groups in total. The molecule has 1 aliphatic carbocycles. The Kier molecular flexibility index (Phi) is 6.35. The zero-order valence-electron chi connectivity index (χ0n) is 14.2. The van der Waals surface area contributed by atoms with Crippen LogP contribution in [0.4, 0.5) is 11.4 Å². The molecule has 1 aromatic rings. The smallest absolute Gasteiger partial charge is 0.310 e. The lowest BCUT2D eigenvalue weighted by atomic mass is 9.95. The number of para-hydroxylation sites is 1. The number of nitrogens with zero attached hydrogens (tertiary/aromatic N) is 1. The van der Waals surface area contributed by atoms with Gasteiger partial charge in [0, 0.05) is 25.3 Å². The third-order valence-electron chi connectivity index (χ3n) is 4.22. The molecule has 1 fully saturated rings. The highest BCUT2D eigenvalue weighted by Crippen LogP contribution is 2.31. The molecule has 0 spiro atoms. The average molecular weight is 369 g/mol. The first-order chi connectivity index (χ1) is 11.8. The molecule has 1 aliphatic rings.